The van der Waals surface area contributed by atoms with Crippen LogP contribution in [-0.4, -0.2) is 56.7 Å². The Morgan fingerprint density at radius 3 is 2.69 bits per heavy atom. The summed E-state index contributed by atoms with van der Waals surface area (Å²) in [5.74, 6) is 0.374. The van der Waals surface area contributed by atoms with Crippen LogP contribution in [0, 0.1) is 0 Å². The van der Waals surface area contributed by atoms with E-state index < -0.39 is 0 Å². The topological polar surface area (TPSA) is 38.8 Å². The highest BCUT2D eigenvalue weighted by atomic mass is 16.5. The second-order valence-corrected chi connectivity index (χ2v) is 4.41. The monoisotopic (exact) mass is 229 g/mol. The molecular weight excluding hydrogens is 206 g/mol. The molecule has 94 valence electrons. The largest absolute Gasteiger partial charge is 0.383 e. The van der Waals surface area contributed by atoms with Crippen LogP contribution in [0.3, 0.4) is 0 Å². The summed E-state index contributed by atoms with van der Waals surface area (Å²) in [7, 11) is 3.39. The third-order valence-electron chi connectivity index (χ3n) is 3.20. The van der Waals surface area contributed by atoms with E-state index in [-0.39, 0.29) is 12.1 Å². The minimum atomic E-state index is 0.0836. The molecule has 2 atom stereocenters. The lowest BCUT2D eigenvalue weighted by Gasteiger charge is -2.32. The maximum atomic E-state index is 11.8. The van der Waals surface area contributed by atoms with E-state index in [2.05, 4.69) is 11.8 Å². The molecule has 0 amide bonds. The van der Waals surface area contributed by atoms with E-state index in [0.717, 1.165) is 25.8 Å². The van der Waals surface area contributed by atoms with Gasteiger partial charge in [-0.3, -0.25) is 9.69 Å². The molecule has 1 fully saturated rings. The molecule has 4 nitrogen and oxygen atoms in total. The highest BCUT2D eigenvalue weighted by molar-refractivity contribution is 5.85. The molecule has 0 radical (unpaired) electrons. The summed E-state index contributed by atoms with van der Waals surface area (Å²) < 4.78 is 10.3. The van der Waals surface area contributed by atoms with Crippen molar-refractivity contribution in [2.75, 3.05) is 34.0 Å². The zero-order chi connectivity index (χ0) is 12.0. The summed E-state index contributed by atoms with van der Waals surface area (Å²) in [6.07, 6.45) is 2.73. The van der Waals surface area contributed by atoms with Gasteiger partial charge in [-0.1, -0.05) is 0 Å². The third kappa shape index (κ3) is 3.54. The molecule has 2 unspecified atom stereocenters. The molecule has 0 aromatic heterocycles. The number of ether oxygens (including phenoxy) is 2. The molecular formula is C12H23NO3. The lowest BCUT2D eigenvalue weighted by atomic mass is 10.1. The Hall–Kier alpha value is -0.450. The highest BCUT2D eigenvalue weighted by Gasteiger charge is 2.32. The number of methoxy groups -OCH3 is 2. The zero-order valence-corrected chi connectivity index (χ0v) is 10.6. The molecule has 1 aliphatic rings. The Bertz CT molecular complexity index is 220. The van der Waals surface area contributed by atoms with Gasteiger partial charge in [0.15, 0.2) is 0 Å². The van der Waals surface area contributed by atoms with Crippen molar-refractivity contribution in [3.63, 3.8) is 0 Å². The summed E-state index contributed by atoms with van der Waals surface area (Å²) in [6.45, 7) is 4.23. The molecule has 1 saturated carbocycles. The number of nitrogens with zero attached hydrogens (tertiary/aromatic N) is 1. The fourth-order valence-corrected chi connectivity index (χ4v) is 2.37. The van der Waals surface area contributed by atoms with E-state index >= 15 is 0 Å². The molecule has 0 aromatic carbocycles. The van der Waals surface area contributed by atoms with Crippen LogP contribution in [0.2, 0.25) is 0 Å². The standard InChI is InChI=1S/C12H23NO3/c1-10(9-16-3)13(7-8-15-2)11-5-4-6-12(11)14/h10-11H,4-9H2,1-3H3. The molecule has 4 heteroatoms. The van der Waals surface area contributed by atoms with Crippen molar-refractivity contribution in [2.45, 2.75) is 38.3 Å². The predicted octanol–water partition coefficient (Wildman–Crippen LogP) is 1.09. The van der Waals surface area contributed by atoms with Gasteiger partial charge in [0.05, 0.1) is 19.3 Å². The maximum absolute atomic E-state index is 11.8. The van der Waals surface area contributed by atoms with Gasteiger partial charge >= 0.3 is 0 Å². The Kier molecular flexibility index (Phi) is 5.95. The van der Waals surface area contributed by atoms with Gasteiger partial charge in [0.1, 0.15) is 5.78 Å². The Morgan fingerprint density at radius 2 is 2.19 bits per heavy atom. The van der Waals surface area contributed by atoms with Crippen molar-refractivity contribution in [2.24, 2.45) is 0 Å². The van der Waals surface area contributed by atoms with Crippen LogP contribution in [0.15, 0.2) is 0 Å². The normalized spacial score (nSPS) is 23.0. The summed E-state index contributed by atoms with van der Waals surface area (Å²) in [5.41, 5.74) is 0. The van der Waals surface area contributed by atoms with Crippen molar-refractivity contribution in [3.8, 4) is 0 Å². The summed E-state index contributed by atoms with van der Waals surface area (Å²) in [5, 5.41) is 0. The number of carbonyl (C=O) groups excluding carboxylic acids is 1. The fraction of sp³-hybridized carbons (Fsp3) is 0.917. The summed E-state index contributed by atoms with van der Waals surface area (Å²) >= 11 is 0. The van der Waals surface area contributed by atoms with Crippen LogP contribution >= 0.6 is 0 Å². The minimum absolute atomic E-state index is 0.0836. The minimum Gasteiger partial charge on any atom is -0.383 e. The van der Waals surface area contributed by atoms with Gasteiger partial charge in [0, 0.05) is 33.2 Å². The quantitative estimate of drug-likeness (QED) is 0.655. The second-order valence-electron chi connectivity index (χ2n) is 4.41. The first kappa shape index (κ1) is 13.6. The lowest BCUT2D eigenvalue weighted by molar-refractivity contribution is -0.123. The smallest absolute Gasteiger partial charge is 0.149 e. The Labute approximate surface area is 97.9 Å². The van der Waals surface area contributed by atoms with Crippen molar-refractivity contribution in [1.29, 1.82) is 0 Å². The van der Waals surface area contributed by atoms with E-state index in [1.165, 1.54) is 0 Å². The summed E-state index contributed by atoms with van der Waals surface area (Å²) in [4.78, 5) is 14.0. The van der Waals surface area contributed by atoms with E-state index in [1.54, 1.807) is 14.2 Å². The zero-order valence-electron chi connectivity index (χ0n) is 10.6. The molecule has 0 heterocycles. The number of hydrogen-bond acceptors (Lipinski definition) is 4. The first-order chi connectivity index (χ1) is 7.70. The number of rotatable bonds is 7. The van der Waals surface area contributed by atoms with Crippen LogP contribution < -0.4 is 0 Å². The predicted molar refractivity (Wildman–Crippen MR) is 62.6 cm³/mol. The number of Topliss-reactive ketones (excluding diaryl/α,β-unsaturated/α-hetero) is 1. The van der Waals surface area contributed by atoms with Gasteiger partial charge in [0.25, 0.3) is 0 Å². The average Bonchev–Trinajstić information content (AvgIpc) is 2.66. The van der Waals surface area contributed by atoms with Crippen molar-refractivity contribution in [1.82, 2.24) is 4.90 Å². The van der Waals surface area contributed by atoms with Crippen LogP contribution in [0.1, 0.15) is 26.2 Å². The van der Waals surface area contributed by atoms with Gasteiger partial charge < -0.3 is 9.47 Å². The van der Waals surface area contributed by atoms with Gasteiger partial charge in [0.2, 0.25) is 0 Å². The third-order valence-corrected chi connectivity index (χ3v) is 3.20. The number of carbonyl (C=O) groups is 1. The second kappa shape index (κ2) is 6.99. The van der Waals surface area contributed by atoms with Crippen LogP contribution in [0.5, 0.6) is 0 Å². The average molecular weight is 229 g/mol. The van der Waals surface area contributed by atoms with Gasteiger partial charge in [-0.2, -0.15) is 0 Å². The SMILES string of the molecule is COCCN(C(C)COC)C1CCCC1=O. The summed E-state index contributed by atoms with van der Waals surface area (Å²) in [6, 6.07) is 0.354. The van der Waals surface area contributed by atoms with Crippen molar-refractivity contribution in [3.05, 3.63) is 0 Å². The Balaban J connectivity index is 2.57. The van der Waals surface area contributed by atoms with E-state index in [0.29, 0.717) is 19.0 Å². The molecule has 0 N–H and O–H groups in total. The van der Waals surface area contributed by atoms with E-state index in [9.17, 15) is 4.79 Å². The molecule has 0 saturated heterocycles. The first-order valence-corrected chi connectivity index (χ1v) is 5.97. The van der Waals surface area contributed by atoms with Gasteiger partial charge in [-0.05, 0) is 19.8 Å². The van der Waals surface area contributed by atoms with Gasteiger partial charge in [-0.25, -0.2) is 0 Å². The lowest BCUT2D eigenvalue weighted by Crippen LogP contribution is -2.47. The van der Waals surface area contributed by atoms with Crippen LogP contribution in [0.4, 0.5) is 0 Å². The van der Waals surface area contributed by atoms with Crippen LogP contribution in [-0.2, 0) is 14.3 Å². The first-order valence-electron chi connectivity index (χ1n) is 5.97. The molecule has 0 spiro atoms. The van der Waals surface area contributed by atoms with Crippen LogP contribution in [0.25, 0.3) is 0 Å². The molecule has 0 aliphatic heterocycles. The molecule has 0 aromatic rings. The molecule has 0 bridgehead atoms. The molecule has 1 rings (SSSR count). The number of hydrogen-bond donors (Lipinski definition) is 0. The van der Waals surface area contributed by atoms with Crippen molar-refractivity contribution < 1.29 is 14.3 Å². The van der Waals surface area contributed by atoms with Crippen molar-refractivity contribution >= 4 is 5.78 Å². The van der Waals surface area contributed by atoms with E-state index in [1.807, 2.05) is 0 Å². The van der Waals surface area contributed by atoms with E-state index in [4.69, 9.17) is 9.47 Å². The molecule has 16 heavy (non-hydrogen) atoms. The fourth-order valence-electron chi connectivity index (χ4n) is 2.37. The maximum Gasteiger partial charge on any atom is 0.149 e. The Morgan fingerprint density at radius 1 is 1.44 bits per heavy atom. The number of ketones is 1. The van der Waals surface area contributed by atoms with Gasteiger partial charge in [-0.15, -0.1) is 0 Å². The highest BCUT2D eigenvalue weighted by Crippen LogP contribution is 2.22. The molecule has 1 aliphatic carbocycles.